The first-order chi connectivity index (χ1) is 7.28. The summed E-state index contributed by atoms with van der Waals surface area (Å²) in [5, 5.41) is 17.6. The monoisotopic (exact) mass is 234 g/mol. The highest BCUT2D eigenvalue weighted by molar-refractivity contribution is 5.71. The summed E-state index contributed by atoms with van der Waals surface area (Å²) in [6.45, 7) is 0. The molecule has 16 heavy (non-hydrogen) atoms. The fraction of sp³-hybridized carbons (Fsp3) is 0.300. The number of carboxylic acids is 1. The SMILES string of the molecule is O=C(O)Cc1cc(O)ccc1CC(F)(F)F. The maximum atomic E-state index is 12.1. The lowest BCUT2D eigenvalue weighted by molar-refractivity contribution is -0.136. The Labute approximate surface area is 89.1 Å². The molecule has 0 saturated carbocycles. The number of hydrogen-bond donors (Lipinski definition) is 2. The number of carbonyl (C=O) groups is 1. The van der Waals surface area contributed by atoms with E-state index in [0.717, 1.165) is 18.2 Å². The van der Waals surface area contributed by atoms with Gasteiger partial charge in [0, 0.05) is 0 Å². The molecule has 0 saturated heterocycles. The number of alkyl halides is 3. The molecule has 0 aliphatic rings. The second kappa shape index (κ2) is 4.42. The summed E-state index contributed by atoms with van der Waals surface area (Å²) in [6, 6.07) is 3.22. The van der Waals surface area contributed by atoms with Gasteiger partial charge in [0.2, 0.25) is 0 Å². The fourth-order valence-electron chi connectivity index (χ4n) is 1.33. The highest BCUT2D eigenvalue weighted by atomic mass is 19.4. The first-order valence-corrected chi connectivity index (χ1v) is 4.37. The summed E-state index contributed by atoms with van der Waals surface area (Å²) in [5.41, 5.74) is -0.155. The van der Waals surface area contributed by atoms with E-state index in [1.807, 2.05) is 0 Å². The molecule has 1 aromatic carbocycles. The minimum Gasteiger partial charge on any atom is -0.508 e. The lowest BCUT2D eigenvalue weighted by Crippen LogP contribution is -2.14. The average molecular weight is 234 g/mol. The van der Waals surface area contributed by atoms with Crippen LogP contribution >= 0.6 is 0 Å². The van der Waals surface area contributed by atoms with Gasteiger partial charge in [0.25, 0.3) is 0 Å². The van der Waals surface area contributed by atoms with E-state index in [1.165, 1.54) is 0 Å². The Kier molecular flexibility index (Phi) is 3.41. The van der Waals surface area contributed by atoms with Gasteiger partial charge in [-0.3, -0.25) is 4.79 Å². The molecular formula is C10H9F3O3. The van der Waals surface area contributed by atoms with E-state index in [2.05, 4.69) is 0 Å². The highest BCUT2D eigenvalue weighted by Gasteiger charge is 2.29. The van der Waals surface area contributed by atoms with E-state index >= 15 is 0 Å². The van der Waals surface area contributed by atoms with Crippen LogP contribution in [0.15, 0.2) is 18.2 Å². The molecule has 0 aromatic heterocycles. The second-order valence-corrected chi connectivity index (χ2v) is 3.32. The van der Waals surface area contributed by atoms with Gasteiger partial charge >= 0.3 is 12.1 Å². The standard InChI is InChI=1S/C10H9F3O3/c11-10(12,13)5-6-1-2-8(14)3-7(6)4-9(15)16/h1-3,14H,4-5H2,(H,15,16). The van der Waals surface area contributed by atoms with Crippen LogP contribution in [-0.4, -0.2) is 22.4 Å². The molecule has 0 unspecified atom stereocenters. The van der Waals surface area contributed by atoms with Crippen LogP contribution in [0.3, 0.4) is 0 Å². The molecule has 1 aromatic rings. The summed E-state index contributed by atoms with van der Waals surface area (Å²) in [6.07, 6.45) is -6.14. The molecular weight excluding hydrogens is 225 g/mol. The van der Waals surface area contributed by atoms with Crippen molar-refractivity contribution < 1.29 is 28.2 Å². The number of benzene rings is 1. The zero-order chi connectivity index (χ0) is 12.3. The van der Waals surface area contributed by atoms with E-state index in [1.54, 1.807) is 0 Å². The number of halogens is 3. The van der Waals surface area contributed by atoms with Gasteiger partial charge in [0.15, 0.2) is 0 Å². The van der Waals surface area contributed by atoms with Crippen LogP contribution in [0, 0.1) is 0 Å². The van der Waals surface area contributed by atoms with Crippen molar-refractivity contribution in [2.24, 2.45) is 0 Å². The molecule has 0 heterocycles. The molecule has 0 atom stereocenters. The van der Waals surface area contributed by atoms with Crippen LogP contribution in [0.25, 0.3) is 0 Å². The lowest BCUT2D eigenvalue weighted by Gasteiger charge is -2.10. The van der Waals surface area contributed by atoms with Crippen molar-refractivity contribution >= 4 is 5.97 Å². The van der Waals surface area contributed by atoms with Gasteiger partial charge in [-0.05, 0) is 23.3 Å². The molecule has 0 amide bonds. The fourth-order valence-corrected chi connectivity index (χ4v) is 1.33. The van der Waals surface area contributed by atoms with Crippen LogP contribution in [0.5, 0.6) is 5.75 Å². The van der Waals surface area contributed by atoms with E-state index in [4.69, 9.17) is 10.2 Å². The van der Waals surface area contributed by atoms with Crippen molar-refractivity contribution in [3.8, 4) is 5.75 Å². The van der Waals surface area contributed by atoms with Crippen molar-refractivity contribution in [1.29, 1.82) is 0 Å². The number of rotatable bonds is 3. The first-order valence-electron chi connectivity index (χ1n) is 4.37. The molecule has 2 N–H and O–H groups in total. The molecule has 0 bridgehead atoms. The topological polar surface area (TPSA) is 57.5 Å². The molecule has 3 nitrogen and oxygen atoms in total. The average Bonchev–Trinajstić information content (AvgIpc) is 2.06. The maximum Gasteiger partial charge on any atom is 0.393 e. The van der Waals surface area contributed by atoms with Crippen molar-refractivity contribution in [2.75, 3.05) is 0 Å². The third kappa shape index (κ3) is 3.80. The largest absolute Gasteiger partial charge is 0.508 e. The van der Waals surface area contributed by atoms with E-state index in [-0.39, 0.29) is 16.9 Å². The highest BCUT2D eigenvalue weighted by Crippen LogP contribution is 2.26. The second-order valence-electron chi connectivity index (χ2n) is 3.32. The molecule has 0 aliphatic carbocycles. The number of aromatic hydroxyl groups is 1. The first kappa shape index (κ1) is 12.4. The van der Waals surface area contributed by atoms with E-state index < -0.39 is 25.0 Å². The summed E-state index contributed by atoms with van der Waals surface area (Å²) >= 11 is 0. The summed E-state index contributed by atoms with van der Waals surface area (Å²) < 4.78 is 36.4. The Bertz CT molecular complexity index is 399. The van der Waals surface area contributed by atoms with Crippen molar-refractivity contribution in [3.63, 3.8) is 0 Å². The van der Waals surface area contributed by atoms with Crippen LogP contribution in [-0.2, 0) is 17.6 Å². The number of carboxylic acid groups (broad SMARTS) is 1. The van der Waals surface area contributed by atoms with Crippen molar-refractivity contribution in [3.05, 3.63) is 29.3 Å². The summed E-state index contributed by atoms with van der Waals surface area (Å²) in [7, 11) is 0. The minimum absolute atomic E-state index is 0.0233. The minimum atomic E-state index is -4.40. The number of hydrogen-bond acceptors (Lipinski definition) is 2. The molecule has 0 fully saturated rings. The zero-order valence-electron chi connectivity index (χ0n) is 8.08. The Balaban J connectivity index is 3.02. The smallest absolute Gasteiger partial charge is 0.393 e. The number of phenolic OH excluding ortho intramolecular Hbond substituents is 1. The quantitative estimate of drug-likeness (QED) is 0.842. The van der Waals surface area contributed by atoms with Crippen molar-refractivity contribution in [2.45, 2.75) is 19.0 Å². The molecule has 0 spiro atoms. The van der Waals surface area contributed by atoms with E-state index in [0.29, 0.717) is 0 Å². The van der Waals surface area contributed by atoms with Gasteiger partial charge in [-0.15, -0.1) is 0 Å². The van der Waals surface area contributed by atoms with Gasteiger partial charge < -0.3 is 10.2 Å². The molecule has 1 rings (SSSR count). The normalized spacial score (nSPS) is 11.4. The summed E-state index contributed by atoms with van der Waals surface area (Å²) in [4.78, 5) is 10.4. The Morgan fingerprint density at radius 2 is 1.88 bits per heavy atom. The van der Waals surface area contributed by atoms with Crippen LogP contribution < -0.4 is 0 Å². The predicted octanol–water partition coefficient (Wildman–Crippen LogP) is 2.12. The van der Waals surface area contributed by atoms with Gasteiger partial charge in [-0.2, -0.15) is 13.2 Å². The van der Waals surface area contributed by atoms with Gasteiger partial charge in [0.1, 0.15) is 5.75 Å². The van der Waals surface area contributed by atoms with Crippen molar-refractivity contribution in [1.82, 2.24) is 0 Å². The predicted molar refractivity (Wildman–Crippen MR) is 49.2 cm³/mol. The third-order valence-corrected chi connectivity index (χ3v) is 1.92. The molecule has 6 heteroatoms. The Morgan fingerprint density at radius 3 is 2.38 bits per heavy atom. The molecule has 0 radical (unpaired) electrons. The van der Waals surface area contributed by atoms with Gasteiger partial charge in [-0.25, -0.2) is 0 Å². The van der Waals surface area contributed by atoms with Crippen LogP contribution in [0.2, 0.25) is 0 Å². The van der Waals surface area contributed by atoms with Crippen LogP contribution in [0.4, 0.5) is 13.2 Å². The van der Waals surface area contributed by atoms with Crippen LogP contribution in [0.1, 0.15) is 11.1 Å². The third-order valence-electron chi connectivity index (χ3n) is 1.92. The molecule has 88 valence electrons. The number of aliphatic carboxylic acids is 1. The Morgan fingerprint density at radius 1 is 1.25 bits per heavy atom. The summed E-state index contributed by atoms with van der Waals surface area (Å²) in [5.74, 6) is -1.49. The Hall–Kier alpha value is -1.72. The maximum absolute atomic E-state index is 12.1. The zero-order valence-corrected chi connectivity index (χ0v) is 8.08. The van der Waals surface area contributed by atoms with Gasteiger partial charge in [0.05, 0.1) is 12.8 Å². The number of phenols is 1. The van der Waals surface area contributed by atoms with E-state index in [9.17, 15) is 18.0 Å². The lowest BCUT2D eigenvalue weighted by atomic mass is 10.0. The molecule has 0 aliphatic heterocycles. The van der Waals surface area contributed by atoms with Gasteiger partial charge in [-0.1, -0.05) is 6.07 Å².